The number of aryl methyl sites for hydroxylation is 4. The number of pyridine rings is 1. The van der Waals surface area contributed by atoms with Crippen LogP contribution in [0.4, 0.5) is 0 Å². The SMILES string of the molecule is CCc1cnc(CNC(C)c2c(C)cc(C)nc2C)o1. The first-order chi connectivity index (χ1) is 9.51. The standard InChI is InChI=1S/C16H23N3O/c1-6-14-8-18-15(20-14)9-17-12(4)16-10(2)7-11(3)19-13(16)5/h7-8,12,17H,6,9H2,1-5H3. The Hall–Kier alpha value is -1.68. The zero-order valence-electron chi connectivity index (χ0n) is 12.9. The second-order valence-electron chi connectivity index (χ2n) is 5.26. The van der Waals surface area contributed by atoms with Gasteiger partial charge in [-0.05, 0) is 44.9 Å². The molecular weight excluding hydrogens is 250 g/mol. The lowest BCUT2D eigenvalue weighted by Gasteiger charge is -2.18. The van der Waals surface area contributed by atoms with Crippen molar-refractivity contribution in [3.63, 3.8) is 0 Å². The van der Waals surface area contributed by atoms with Crippen molar-refractivity contribution in [3.05, 3.63) is 46.4 Å². The fraction of sp³-hybridized carbons (Fsp3) is 0.500. The number of nitrogens with one attached hydrogen (secondary N) is 1. The molecule has 0 radical (unpaired) electrons. The van der Waals surface area contributed by atoms with Crippen molar-refractivity contribution < 1.29 is 4.42 Å². The van der Waals surface area contributed by atoms with Crippen molar-refractivity contribution in [2.24, 2.45) is 0 Å². The Morgan fingerprint density at radius 2 is 2.05 bits per heavy atom. The number of rotatable bonds is 5. The van der Waals surface area contributed by atoms with E-state index in [0.29, 0.717) is 6.54 Å². The number of oxazole rings is 1. The summed E-state index contributed by atoms with van der Waals surface area (Å²) < 4.78 is 5.61. The number of hydrogen-bond acceptors (Lipinski definition) is 4. The summed E-state index contributed by atoms with van der Waals surface area (Å²) in [6.07, 6.45) is 2.67. The van der Waals surface area contributed by atoms with Crippen molar-refractivity contribution in [1.29, 1.82) is 0 Å². The van der Waals surface area contributed by atoms with Gasteiger partial charge in [-0.25, -0.2) is 4.98 Å². The van der Waals surface area contributed by atoms with Gasteiger partial charge in [0, 0.05) is 23.9 Å². The molecule has 0 amide bonds. The summed E-state index contributed by atoms with van der Waals surface area (Å²) in [5, 5.41) is 3.46. The minimum Gasteiger partial charge on any atom is -0.444 e. The molecule has 2 rings (SSSR count). The third-order valence-electron chi connectivity index (χ3n) is 3.53. The average Bonchev–Trinajstić information content (AvgIpc) is 2.83. The lowest BCUT2D eigenvalue weighted by atomic mass is 10.0. The molecule has 108 valence electrons. The van der Waals surface area contributed by atoms with Crippen molar-refractivity contribution >= 4 is 0 Å². The Kier molecular flexibility index (Phi) is 4.55. The fourth-order valence-corrected chi connectivity index (χ4v) is 2.62. The van der Waals surface area contributed by atoms with Gasteiger partial charge in [-0.1, -0.05) is 6.92 Å². The normalized spacial score (nSPS) is 12.7. The van der Waals surface area contributed by atoms with E-state index >= 15 is 0 Å². The van der Waals surface area contributed by atoms with Crippen LogP contribution in [0, 0.1) is 20.8 Å². The smallest absolute Gasteiger partial charge is 0.208 e. The topological polar surface area (TPSA) is 51.0 Å². The Bertz CT molecular complexity index is 566. The molecule has 0 saturated heterocycles. The number of hydrogen-bond donors (Lipinski definition) is 1. The van der Waals surface area contributed by atoms with Gasteiger partial charge in [0.15, 0.2) is 0 Å². The van der Waals surface area contributed by atoms with E-state index in [2.05, 4.69) is 49.0 Å². The highest BCUT2D eigenvalue weighted by Gasteiger charge is 2.13. The lowest BCUT2D eigenvalue weighted by molar-refractivity contribution is 0.423. The van der Waals surface area contributed by atoms with Crippen molar-refractivity contribution in [3.8, 4) is 0 Å². The van der Waals surface area contributed by atoms with Gasteiger partial charge >= 0.3 is 0 Å². The van der Waals surface area contributed by atoms with Crippen LogP contribution in [-0.4, -0.2) is 9.97 Å². The molecule has 1 atom stereocenters. The molecule has 4 heteroatoms. The predicted octanol–water partition coefficient (Wildman–Crippen LogP) is 3.41. The highest BCUT2D eigenvalue weighted by molar-refractivity contribution is 5.33. The van der Waals surface area contributed by atoms with E-state index in [1.54, 1.807) is 6.20 Å². The van der Waals surface area contributed by atoms with Crippen molar-refractivity contribution in [2.75, 3.05) is 0 Å². The van der Waals surface area contributed by atoms with E-state index in [4.69, 9.17) is 4.42 Å². The van der Waals surface area contributed by atoms with Crippen LogP contribution in [0.3, 0.4) is 0 Å². The summed E-state index contributed by atoms with van der Waals surface area (Å²) in [5.41, 5.74) is 4.69. The van der Waals surface area contributed by atoms with Gasteiger partial charge in [0.05, 0.1) is 12.7 Å². The lowest BCUT2D eigenvalue weighted by Crippen LogP contribution is -2.20. The van der Waals surface area contributed by atoms with E-state index in [1.165, 1.54) is 11.1 Å². The minimum absolute atomic E-state index is 0.222. The quantitative estimate of drug-likeness (QED) is 0.907. The van der Waals surface area contributed by atoms with Crippen LogP contribution >= 0.6 is 0 Å². The molecular formula is C16H23N3O. The number of aromatic nitrogens is 2. The second kappa shape index (κ2) is 6.18. The third-order valence-corrected chi connectivity index (χ3v) is 3.53. The molecule has 0 saturated carbocycles. The summed E-state index contributed by atoms with van der Waals surface area (Å²) in [7, 11) is 0. The van der Waals surface area contributed by atoms with Crippen molar-refractivity contribution in [2.45, 2.75) is 53.6 Å². The molecule has 20 heavy (non-hydrogen) atoms. The molecule has 1 unspecified atom stereocenters. The van der Waals surface area contributed by atoms with Crippen LogP contribution in [0.25, 0.3) is 0 Å². The maximum absolute atomic E-state index is 5.61. The summed E-state index contributed by atoms with van der Waals surface area (Å²) in [4.78, 5) is 8.82. The highest BCUT2D eigenvalue weighted by atomic mass is 16.4. The van der Waals surface area contributed by atoms with Gasteiger partial charge in [0.2, 0.25) is 5.89 Å². The summed E-state index contributed by atoms with van der Waals surface area (Å²) in [6.45, 7) is 11.1. The monoisotopic (exact) mass is 273 g/mol. The summed E-state index contributed by atoms with van der Waals surface area (Å²) in [5.74, 6) is 1.67. The molecule has 2 aromatic heterocycles. The van der Waals surface area contributed by atoms with E-state index in [1.807, 2.05) is 6.92 Å². The molecule has 1 N–H and O–H groups in total. The van der Waals surface area contributed by atoms with Crippen LogP contribution in [0.15, 0.2) is 16.7 Å². The first-order valence-corrected chi connectivity index (χ1v) is 7.13. The molecule has 0 spiro atoms. The van der Waals surface area contributed by atoms with E-state index in [-0.39, 0.29) is 6.04 Å². The highest BCUT2D eigenvalue weighted by Crippen LogP contribution is 2.21. The zero-order chi connectivity index (χ0) is 14.7. The molecule has 0 aliphatic carbocycles. The molecule has 2 aromatic rings. The van der Waals surface area contributed by atoms with Gasteiger partial charge in [0.1, 0.15) is 5.76 Å². The van der Waals surface area contributed by atoms with E-state index in [0.717, 1.165) is 29.5 Å². The molecule has 2 heterocycles. The molecule has 0 aromatic carbocycles. The van der Waals surface area contributed by atoms with Gasteiger partial charge in [0.25, 0.3) is 0 Å². The van der Waals surface area contributed by atoms with Crippen LogP contribution < -0.4 is 5.32 Å². The largest absolute Gasteiger partial charge is 0.444 e. The zero-order valence-corrected chi connectivity index (χ0v) is 12.9. The molecule has 0 aliphatic heterocycles. The summed E-state index contributed by atoms with van der Waals surface area (Å²) in [6, 6.07) is 2.35. The fourth-order valence-electron chi connectivity index (χ4n) is 2.62. The van der Waals surface area contributed by atoms with Crippen LogP contribution in [0.1, 0.15) is 54.1 Å². The van der Waals surface area contributed by atoms with Gasteiger partial charge in [-0.2, -0.15) is 0 Å². The van der Waals surface area contributed by atoms with Crippen LogP contribution in [-0.2, 0) is 13.0 Å². The molecule has 0 fully saturated rings. The Labute approximate surface area is 120 Å². The Morgan fingerprint density at radius 1 is 1.30 bits per heavy atom. The molecule has 0 aliphatic rings. The third kappa shape index (κ3) is 3.25. The second-order valence-corrected chi connectivity index (χ2v) is 5.26. The van der Waals surface area contributed by atoms with E-state index in [9.17, 15) is 0 Å². The molecule has 4 nitrogen and oxygen atoms in total. The number of nitrogens with zero attached hydrogens (tertiary/aromatic N) is 2. The van der Waals surface area contributed by atoms with Gasteiger partial charge in [-0.3, -0.25) is 4.98 Å². The van der Waals surface area contributed by atoms with Crippen LogP contribution in [0.5, 0.6) is 0 Å². The molecule has 0 bridgehead atoms. The predicted molar refractivity (Wildman–Crippen MR) is 79.6 cm³/mol. The first kappa shape index (κ1) is 14.7. The van der Waals surface area contributed by atoms with Crippen LogP contribution in [0.2, 0.25) is 0 Å². The van der Waals surface area contributed by atoms with Gasteiger partial charge in [-0.15, -0.1) is 0 Å². The van der Waals surface area contributed by atoms with Gasteiger partial charge < -0.3 is 9.73 Å². The van der Waals surface area contributed by atoms with E-state index < -0.39 is 0 Å². The minimum atomic E-state index is 0.222. The Balaban J connectivity index is 2.06. The average molecular weight is 273 g/mol. The first-order valence-electron chi connectivity index (χ1n) is 7.13. The Morgan fingerprint density at radius 3 is 2.65 bits per heavy atom. The maximum Gasteiger partial charge on any atom is 0.208 e. The van der Waals surface area contributed by atoms with Crippen molar-refractivity contribution in [1.82, 2.24) is 15.3 Å². The summed E-state index contributed by atoms with van der Waals surface area (Å²) >= 11 is 0. The maximum atomic E-state index is 5.61.